The number of rotatable bonds is 12. The van der Waals surface area contributed by atoms with E-state index in [1.54, 1.807) is 0 Å². The second kappa shape index (κ2) is 15.8. The molecule has 0 fully saturated rings. The molecule has 0 heterocycles. The van der Waals surface area contributed by atoms with Gasteiger partial charge in [0, 0.05) is 17.9 Å². The van der Waals surface area contributed by atoms with Crippen molar-refractivity contribution in [2.24, 2.45) is 17.8 Å². The normalized spacial score (nSPS) is 16.2. The number of aryl methyl sites for hydroxylation is 4. The summed E-state index contributed by atoms with van der Waals surface area (Å²) in [7, 11) is 0. The number of ketones is 3. The maximum absolute atomic E-state index is 13.3. The largest absolute Gasteiger partial charge is 0.300 e. The van der Waals surface area contributed by atoms with Crippen LogP contribution in [0.4, 0.5) is 0 Å². The van der Waals surface area contributed by atoms with Gasteiger partial charge in [-0.1, -0.05) is 88.9 Å². The number of fused-ring (bicyclic) bond motifs is 1. The Balaban J connectivity index is 0.00000161. The van der Waals surface area contributed by atoms with E-state index in [4.69, 9.17) is 0 Å². The molecule has 2 aromatic rings. The van der Waals surface area contributed by atoms with Crippen LogP contribution in [0.15, 0.2) is 36.4 Å². The Hall–Kier alpha value is -2.55. The predicted molar refractivity (Wildman–Crippen MR) is 159 cm³/mol. The highest BCUT2D eigenvalue weighted by atomic mass is 16.1. The van der Waals surface area contributed by atoms with Gasteiger partial charge < -0.3 is 0 Å². The molecule has 3 heteroatoms. The minimum atomic E-state index is -0.0890. The first-order chi connectivity index (χ1) is 18.1. The van der Waals surface area contributed by atoms with Crippen molar-refractivity contribution in [2.75, 3.05) is 0 Å². The van der Waals surface area contributed by atoms with Crippen molar-refractivity contribution in [1.82, 2.24) is 0 Å². The molecule has 0 radical (unpaired) electrons. The van der Waals surface area contributed by atoms with Crippen molar-refractivity contribution < 1.29 is 14.4 Å². The molecule has 1 aliphatic rings. The fraction of sp³-hybridized carbons (Fsp3) is 0.571. The van der Waals surface area contributed by atoms with Crippen molar-refractivity contribution in [3.8, 4) is 0 Å². The van der Waals surface area contributed by atoms with Gasteiger partial charge in [0.1, 0.15) is 11.6 Å². The number of benzene rings is 2. The zero-order chi connectivity index (χ0) is 28.2. The first-order valence-electron chi connectivity index (χ1n) is 14.9. The van der Waals surface area contributed by atoms with Gasteiger partial charge in [0.05, 0.1) is 6.42 Å². The molecule has 2 aromatic carbocycles. The van der Waals surface area contributed by atoms with Crippen LogP contribution in [0.1, 0.15) is 118 Å². The minimum Gasteiger partial charge on any atom is -0.300 e. The summed E-state index contributed by atoms with van der Waals surface area (Å²) >= 11 is 0. The fourth-order valence-electron chi connectivity index (χ4n) is 6.07. The second-order valence-corrected chi connectivity index (χ2v) is 11.4. The molecule has 208 valence electrons. The molecule has 3 nitrogen and oxygen atoms in total. The first-order valence-corrected chi connectivity index (χ1v) is 14.9. The Morgan fingerprint density at radius 2 is 1.58 bits per heavy atom. The van der Waals surface area contributed by atoms with Crippen LogP contribution in [-0.4, -0.2) is 17.3 Å². The molecule has 0 amide bonds. The zero-order valence-electron chi connectivity index (χ0n) is 25.0. The Bertz CT molecular complexity index is 1060. The van der Waals surface area contributed by atoms with Crippen LogP contribution in [-0.2, 0) is 28.9 Å². The Kier molecular flexibility index (Phi) is 13.1. The second-order valence-electron chi connectivity index (χ2n) is 11.4. The van der Waals surface area contributed by atoms with Crippen LogP contribution in [0.25, 0.3) is 0 Å². The van der Waals surface area contributed by atoms with Gasteiger partial charge in [0.25, 0.3) is 0 Å². The molecular weight excluding hydrogens is 468 g/mol. The van der Waals surface area contributed by atoms with Crippen LogP contribution >= 0.6 is 0 Å². The summed E-state index contributed by atoms with van der Waals surface area (Å²) in [4.78, 5) is 37.8. The third-order valence-corrected chi connectivity index (χ3v) is 7.81. The van der Waals surface area contributed by atoms with E-state index >= 15 is 0 Å². The summed E-state index contributed by atoms with van der Waals surface area (Å²) in [5.74, 6) is 0.676. The number of carbonyl (C=O) groups excluding carboxylic acids is 3. The molecule has 0 bridgehead atoms. The van der Waals surface area contributed by atoms with Crippen LogP contribution in [0.3, 0.4) is 0 Å². The highest BCUT2D eigenvalue weighted by Gasteiger charge is 2.33. The van der Waals surface area contributed by atoms with E-state index in [0.717, 1.165) is 56.1 Å². The van der Waals surface area contributed by atoms with Crippen LogP contribution in [0.2, 0.25) is 0 Å². The van der Waals surface area contributed by atoms with E-state index in [9.17, 15) is 14.4 Å². The monoisotopic (exact) mass is 518 g/mol. The van der Waals surface area contributed by atoms with Crippen LogP contribution in [0.5, 0.6) is 0 Å². The lowest BCUT2D eigenvalue weighted by Gasteiger charge is -2.32. The number of hydrogen-bond donors (Lipinski definition) is 0. The van der Waals surface area contributed by atoms with Gasteiger partial charge in [-0.3, -0.25) is 14.4 Å². The molecule has 0 aromatic heterocycles. The van der Waals surface area contributed by atoms with E-state index in [0.29, 0.717) is 6.42 Å². The lowest BCUT2D eigenvalue weighted by molar-refractivity contribution is -0.129. The van der Waals surface area contributed by atoms with E-state index in [2.05, 4.69) is 71.0 Å². The van der Waals surface area contributed by atoms with E-state index < -0.39 is 0 Å². The zero-order valence-corrected chi connectivity index (χ0v) is 25.0. The Morgan fingerprint density at radius 3 is 2.16 bits per heavy atom. The van der Waals surface area contributed by atoms with Gasteiger partial charge in [-0.2, -0.15) is 0 Å². The predicted octanol–water partition coefficient (Wildman–Crippen LogP) is 8.63. The van der Waals surface area contributed by atoms with Crippen molar-refractivity contribution >= 4 is 17.3 Å². The SMILES string of the molecule is CCC.CCCC(CC1CC(=O)c2c(C)ccc(CCc3ccc(C)cc3)c2C1)C(CC)C(=O)CC(C)=O. The van der Waals surface area contributed by atoms with Crippen LogP contribution in [0, 0.1) is 31.6 Å². The third kappa shape index (κ3) is 9.03. The summed E-state index contributed by atoms with van der Waals surface area (Å²) in [6, 6.07) is 13.0. The summed E-state index contributed by atoms with van der Waals surface area (Å²) in [6.07, 6.45) is 8.26. The van der Waals surface area contributed by atoms with E-state index in [-0.39, 0.29) is 41.5 Å². The van der Waals surface area contributed by atoms with E-state index in [1.165, 1.54) is 35.6 Å². The Morgan fingerprint density at radius 1 is 0.921 bits per heavy atom. The lowest BCUT2D eigenvalue weighted by Crippen LogP contribution is -2.30. The molecule has 3 unspecified atom stereocenters. The molecule has 1 aliphatic carbocycles. The number of Topliss-reactive ketones (excluding diaryl/α,β-unsaturated/α-hetero) is 3. The summed E-state index contributed by atoms with van der Waals surface area (Å²) < 4.78 is 0. The maximum atomic E-state index is 13.3. The Labute approximate surface area is 231 Å². The molecule has 38 heavy (non-hydrogen) atoms. The molecule has 0 spiro atoms. The van der Waals surface area contributed by atoms with Crippen molar-refractivity contribution in [2.45, 2.75) is 113 Å². The van der Waals surface area contributed by atoms with Crippen LogP contribution < -0.4 is 0 Å². The average Bonchev–Trinajstić information content (AvgIpc) is 2.85. The highest BCUT2D eigenvalue weighted by Crippen LogP contribution is 2.37. The van der Waals surface area contributed by atoms with Gasteiger partial charge in [-0.05, 0) is 87.0 Å². The van der Waals surface area contributed by atoms with Gasteiger partial charge in [0.2, 0.25) is 0 Å². The molecule has 3 rings (SSSR count). The maximum Gasteiger partial charge on any atom is 0.163 e. The quantitative estimate of drug-likeness (QED) is 0.264. The third-order valence-electron chi connectivity index (χ3n) is 7.81. The molecule has 0 aliphatic heterocycles. The highest BCUT2D eigenvalue weighted by molar-refractivity contribution is 6.00. The van der Waals surface area contributed by atoms with Crippen molar-refractivity contribution in [3.05, 3.63) is 69.8 Å². The molecule has 0 saturated carbocycles. The summed E-state index contributed by atoms with van der Waals surface area (Å²) in [5, 5.41) is 0. The minimum absolute atomic E-state index is 0.0352. The smallest absolute Gasteiger partial charge is 0.163 e. The van der Waals surface area contributed by atoms with Crippen molar-refractivity contribution in [1.29, 1.82) is 0 Å². The van der Waals surface area contributed by atoms with Gasteiger partial charge in [-0.25, -0.2) is 0 Å². The molecule has 0 saturated heterocycles. The lowest BCUT2D eigenvalue weighted by atomic mass is 9.71. The first kappa shape index (κ1) is 31.7. The molecule has 3 atom stereocenters. The van der Waals surface area contributed by atoms with Gasteiger partial charge in [0.15, 0.2) is 5.78 Å². The molecular formula is C35H50O3. The van der Waals surface area contributed by atoms with Gasteiger partial charge in [-0.15, -0.1) is 0 Å². The number of hydrogen-bond acceptors (Lipinski definition) is 3. The average molecular weight is 519 g/mol. The summed E-state index contributed by atoms with van der Waals surface area (Å²) in [5.41, 5.74) is 7.13. The topological polar surface area (TPSA) is 51.2 Å². The summed E-state index contributed by atoms with van der Waals surface area (Å²) in [6.45, 7) is 14.1. The van der Waals surface area contributed by atoms with E-state index in [1.807, 2.05) is 6.92 Å². The standard InChI is InChI=1S/C32H42O3.C3H8/c1-6-8-27(28(7-2)30(34)17-23(5)33)18-25-19-29-26(15-11-22(4)32(29)31(35)20-25)16-14-24-12-9-21(3)10-13-24;1-3-2/h9-13,15,25,27-28H,6-8,14,16-20H2,1-5H3;3H2,1-2H3. The van der Waals surface area contributed by atoms with Gasteiger partial charge >= 0.3 is 0 Å². The van der Waals surface area contributed by atoms with Crippen molar-refractivity contribution in [3.63, 3.8) is 0 Å². The fourth-order valence-corrected chi connectivity index (χ4v) is 6.07. The molecule has 0 N–H and O–H groups in total. The number of carbonyl (C=O) groups is 3.